The minimum atomic E-state index is 0.977. The molecule has 1 aromatic carbocycles. The summed E-state index contributed by atoms with van der Waals surface area (Å²) in [5.74, 6) is 1.29. The lowest BCUT2D eigenvalue weighted by molar-refractivity contribution is 0.887. The highest BCUT2D eigenvalue weighted by molar-refractivity contribution is 9.08. The van der Waals surface area contributed by atoms with Gasteiger partial charge in [0.25, 0.3) is 0 Å². The fourth-order valence-electron chi connectivity index (χ4n) is 1.50. The van der Waals surface area contributed by atoms with Crippen molar-refractivity contribution in [2.24, 2.45) is 0 Å². The van der Waals surface area contributed by atoms with Crippen LogP contribution in [-0.2, 0) is 11.8 Å². The van der Waals surface area contributed by atoms with E-state index >= 15 is 0 Å². The van der Waals surface area contributed by atoms with Crippen LogP contribution < -0.4 is 0 Å². The predicted octanol–water partition coefficient (Wildman–Crippen LogP) is 3.62. The molecule has 2 rings (SSSR count). The van der Waals surface area contributed by atoms with Gasteiger partial charge in [-0.05, 0) is 35.8 Å². The smallest absolute Gasteiger partial charge is 0.0283 e. The van der Waals surface area contributed by atoms with E-state index in [1.807, 2.05) is 11.8 Å². The molecule has 2 heteroatoms. The lowest BCUT2D eigenvalue weighted by atomic mass is 10.1. The van der Waals surface area contributed by atoms with Crippen LogP contribution >= 0.6 is 27.7 Å². The summed E-state index contributed by atoms with van der Waals surface area (Å²) < 4.78 is 0. The molecule has 0 fully saturated rings. The molecule has 0 radical (unpaired) electrons. The second-order valence-corrected chi connectivity index (χ2v) is 4.73. The molecule has 0 N–H and O–H groups in total. The topological polar surface area (TPSA) is 0 Å². The van der Waals surface area contributed by atoms with Gasteiger partial charge in [-0.25, -0.2) is 0 Å². The first kappa shape index (κ1) is 8.64. The molecule has 1 aromatic rings. The summed E-state index contributed by atoms with van der Waals surface area (Å²) in [5.41, 5.74) is 2.94. The van der Waals surface area contributed by atoms with E-state index in [0.717, 1.165) is 5.33 Å². The van der Waals surface area contributed by atoms with Crippen molar-refractivity contribution in [2.75, 3.05) is 5.75 Å². The van der Waals surface area contributed by atoms with E-state index in [-0.39, 0.29) is 0 Å². The maximum absolute atomic E-state index is 3.48. The molecule has 12 heavy (non-hydrogen) atoms. The molecular formula is C10H11BrS. The minimum absolute atomic E-state index is 0.977. The van der Waals surface area contributed by atoms with Crippen LogP contribution in [0.1, 0.15) is 17.5 Å². The summed E-state index contributed by atoms with van der Waals surface area (Å²) in [4.78, 5) is 1.49. The normalized spacial score (nSPS) is 15.8. The van der Waals surface area contributed by atoms with E-state index in [0.29, 0.717) is 0 Å². The van der Waals surface area contributed by atoms with Gasteiger partial charge in [0, 0.05) is 10.2 Å². The molecule has 0 saturated carbocycles. The molecule has 1 aliphatic rings. The summed E-state index contributed by atoms with van der Waals surface area (Å²) in [6.07, 6.45) is 2.60. The van der Waals surface area contributed by atoms with Gasteiger partial charge >= 0.3 is 0 Å². The molecule has 0 saturated heterocycles. The molecule has 1 heterocycles. The summed E-state index contributed by atoms with van der Waals surface area (Å²) in [6, 6.07) is 6.80. The van der Waals surface area contributed by atoms with Crippen molar-refractivity contribution < 1.29 is 0 Å². The standard InChI is InChI=1S/C10H11BrS/c11-7-8-3-4-10-9(6-8)2-1-5-12-10/h3-4,6H,1-2,5,7H2. The van der Waals surface area contributed by atoms with Crippen molar-refractivity contribution >= 4 is 27.7 Å². The Labute approximate surface area is 85.9 Å². The van der Waals surface area contributed by atoms with Crippen molar-refractivity contribution in [2.45, 2.75) is 23.1 Å². The fraction of sp³-hybridized carbons (Fsp3) is 0.400. The van der Waals surface area contributed by atoms with Gasteiger partial charge in [-0.15, -0.1) is 11.8 Å². The van der Waals surface area contributed by atoms with Crippen molar-refractivity contribution in [3.63, 3.8) is 0 Å². The Kier molecular flexibility index (Phi) is 2.76. The van der Waals surface area contributed by atoms with E-state index in [4.69, 9.17) is 0 Å². The van der Waals surface area contributed by atoms with Gasteiger partial charge in [0.05, 0.1) is 0 Å². The van der Waals surface area contributed by atoms with Gasteiger partial charge in [0.1, 0.15) is 0 Å². The Morgan fingerprint density at radius 3 is 3.17 bits per heavy atom. The lowest BCUT2D eigenvalue weighted by Crippen LogP contribution is -1.98. The maximum Gasteiger partial charge on any atom is 0.0283 e. The maximum atomic E-state index is 3.48. The third kappa shape index (κ3) is 1.69. The largest absolute Gasteiger partial charge is 0.126 e. The second-order valence-electron chi connectivity index (χ2n) is 3.03. The summed E-state index contributed by atoms with van der Waals surface area (Å²) >= 11 is 5.47. The van der Waals surface area contributed by atoms with Crippen molar-refractivity contribution in [3.05, 3.63) is 29.3 Å². The zero-order valence-electron chi connectivity index (χ0n) is 6.85. The number of rotatable bonds is 1. The summed E-state index contributed by atoms with van der Waals surface area (Å²) in [5, 5.41) is 0.977. The quantitative estimate of drug-likeness (QED) is 0.679. The number of hydrogen-bond donors (Lipinski definition) is 0. The van der Waals surface area contributed by atoms with Crippen molar-refractivity contribution in [1.29, 1.82) is 0 Å². The highest BCUT2D eigenvalue weighted by Gasteiger charge is 2.08. The molecule has 64 valence electrons. The van der Waals surface area contributed by atoms with Gasteiger partial charge in [-0.3, -0.25) is 0 Å². The molecule has 0 bridgehead atoms. The van der Waals surface area contributed by atoms with Crippen LogP contribution in [0, 0.1) is 0 Å². The van der Waals surface area contributed by atoms with E-state index in [9.17, 15) is 0 Å². The van der Waals surface area contributed by atoms with Gasteiger partial charge in [-0.1, -0.05) is 28.1 Å². The first-order valence-electron chi connectivity index (χ1n) is 4.21. The van der Waals surface area contributed by atoms with Crippen LogP contribution in [0.2, 0.25) is 0 Å². The van der Waals surface area contributed by atoms with Gasteiger partial charge in [-0.2, -0.15) is 0 Å². The molecular weight excluding hydrogens is 232 g/mol. The average molecular weight is 243 g/mol. The number of halogens is 1. The van der Waals surface area contributed by atoms with Crippen LogP contribution in [0.5, 0.6) is 0 Å². The van der Waals surface area contributed by atoms with Crippen molar-refractivity contribution in [1.82, 2.24) is 0 Å². The SMILES string of the molecule is BrCc1ccc2c(c1)CCCS2. The van der Waals surface area contributed by atoms with Gasteiger partial charge < -0.3 is 0 Å². The molecule has 0 spiro atoms. The zero-order chi connectivity index (χ0) is 8.39. The first-order valence-corrected chi connectivity index (χ1v) is 6.31. The van der Waals surface area contributed by atoms with Crippen LogP contribution in [0.15, 0.2) is 23.1 Å². The number of aryl methyl sites for hydroxylation is 1. The monoisotopic (exact) mass is 242 g/mol. The van der Waals surface area contributed by atoms with E-state index in [1.165, 1.54) is 29.1 Å². The molecule has 0 aliphatic carbocycles. The van der Waals surface area contributed by atoms with Gasteiger partial charge in [0.2, 0.25) is 0 Å². The highest BCUT2D eigenvalue weighted by atomic mass is 79.9. The third-order valence-electron chi connectivity index (χ3n) is 2.13. The van der Waals surface area contributed by atoms with Crippen LogP contribution in [0.4, 0.5) is 0 Å². The van der Waals surface area contributed by atoms with E-state index in [1.54, 1.807) is 5.56 Å². The number of thioether (sulfide) groups is 1. The Balaban J connectivity index is 2.36. The average Bonchev–Trinajstić information content (AvgIpc) is 2.17. The minimum Gasteiger partial charge on any atom is -0.126 e. The van der Waals surface area contributed by atoms with E-state index < -0.39 is 0 Å². The molecule has 0 amide bonds. The first-order chi connectivity index (χ1) is 5.90. The number of alkyl halides is 1. The molecule has 1 aliphatic heterocycles. The fourth-order valence-corrected chi connectivity index (χ4v) is 2.86. The van der Waals surface area contributed by atoms with Crippen LogP contribution in [0.3, 0.4) is 0 Å². The molecule has 0 nitrogen and oxygen atoms in total. The Morgan fingerprint density at radius 1 is 1.42 bits per heavy atom. The van der Waals surface area contributed by atoms with Crippen LogP contribution in [-0.4, -0.2) is 5.75 Å². The zero-order valence-corrected chi connectivity index (χ0v) is 9.25. The number of benzene rings is 1. The Morgan fingerprint density at radius 2 is 2.33 bits per heavy atom. The van der Waals surface area contributed by atoms with Gasteiger partial charge in [0.15, 0.2) is 0 Å². The highest BCUT2D eigenvalue weighted by Crippen LogP contribution is 2.30. The second kappa shape index (κ2) is 3.84. The van der Waals surface area contributed by atoms with Crippen LogP contribution in [0.25, 0.3) is 0 Å². The molecule has 0 unspecified atom stereocenters. The van der Waals surface area contributed by atoms with E-state index in [2.05, 4.69) is 34.1 Å². The number of hydrogen-bond acceptors (Lipinski definition) is 1. The van der Waals surface area contributed by atoms with Crippen molar-refractivity contribution in [3.8, 4) is 0 Å². The third-order valence-corrected chi connectivity index (χ3v) is 3.98. The summed E-state index contributed by atoms with van der Waals surface area (Å²) in [6.45, 7) is 0. The molecule has 0 atom stereocenters. The Hall–Kier alpha value is 0.0500. The molecule has 0 aromatic heterocycles. The Bertz CT molecular complexity index is 283. The number of fused-ring (bicyclic) bond motifs is 1. The summed E-state index contributed by atoms with van der Waals surface area (Å²) in [7, 11) is 0. The predicted molar refractivity (Wildman–Crippen MR) is 58.1 cm³/mol. The lowest BCUT2D eigenvalue weighted by Gasteiger charge is -2.15.